The van der Waals surface area contributed by atoms with Gasteiger partial charge < -0.3 is 14.9 Å². The van der Waals surface area contributed by atoms with Gasteiger partial charge in [-0.15, -0.1) is 0 Å². The Morgan fingerprint density at radius 1 is 0.884 bits per heavy atom. The van der Waals surface area contributed by atoms with Crippen LogP contribution in [-0.2, 0) is 11.2 Å². The number of rotatable bonds is 9. The minimum atomic E-state index is -2.57. The van der Waals surface area contributed by atoms with E-state index in [-0.39, 0.29) is 23.8 Å². The molecule has 1 aromatic heterocycles. The number of carbonyl (C=O) groups excluding carboxylic acids is 1. The van der Waals surface area contributed by atoms with E-state index in [4.69, 9.17) is 15.1 Å². The number of amides is 1. The third kappa shape index (κ3) is 7.91. The van der Waals surface area contributed by atoms with Gasteiger partial charge in [0.25, 0.3) is 12.3 Å². The van der Waals surface area contributed by atoms with Crippen LogP contribution in [0.1, 0.15) is 61.7 Å². The van der Waals surface area contributed by atoms with Crippen molar-refractivity contribution in [2.24, 2.45) is 5.92 Å². The summed E-state index contributed by atoms with van der Waals surface area (Å²) >= 11 is 0. The standard InChI is InChI=1S/C32H32F2N4O3.C2H6/c1-21(19-29(39)40)7-13-27-30(22-8-10-23(11-9-22)31(33)34)36-26-14-12-24(20-28(26)35-27)32(41)38-17-15-37(16-18-38)25-5-3-2-4-6-25;1-2/h2-6,8-12,14,20-21,31H,7,13,15-19H2,1H3,(H,39,40);1-2H3. The fourth-order valence-corrected chi connectivity index (χ4v) is 5.19. The van der Waals surface area contributed by atoms with Crippen LogP contribution < -0.4 is 4.90 Å². The number of aromatic nitrogens is 2. The Bertz CT molecular complexity index is 1520. The molecule has 1 N–H and O–H groups in total. The summed E-state index contributed by atoms with van der Waals surface area (Å²) in [5, 5.41) is 9.16. The van der Waals surface area contributed by atoms with Gasteiger partial charge in [-0.3, -0.25) is 9.59 Å². The summed E-state index contributed by atoms with van der Waals surface area (Å²) in [5.74, 6) is -1.01. The van der Waals surface area contributed by atoms with Crippen molar-refractivity contribution < 1.29 is 23.5 Å². The molecule has 9 heteroatoms. The van der Waals surface area contributed by atoms with Gasteiger partial charge in [-0.1, -0.05) is 63.2 Å². The Balaban J connectivity index is 0.00000207. The molecular weight excluding hydrogens is 550 g/mol. The summed E-state index contributed by atoms with van der Waals surface area (Å²) in [4.78, 5) is 38.4. The van der Waals surface area contributed by atoms with Gasteiger partial charge in [0.15, 0.2) is 0 Å². The highest BCUT2D eigenvalue weighted by Crippen LogP contribution is 2.29. The lowest BCUT2D eigenvalue weighted by molar-refractivity contribution is -0.138. The van der Waals surface area contributed by atoms with Crippen molar-refractivity contribution in [3.05, 3.63) is 89.6 Å². The number of hydrogen-bond donors (Lipinski definition) is 1. The molecule has 43 heavy (non-hydrogen) atoms. The first-order chi connectivity index (χ1) is 20.8. The Hall–Kier alpha value is -4.40. The molecule has 5 rings (SSSR count). The molecule has 7 nitrogen and oxygen atoms in total. The second-order valence-electron chi connectivity index (χ2n) is 10.5. The normalized spacial score (nSPS) is 13.9. The van der Waals surface area contributed by atoms with Gasteiger partial charge in [0.1, 0.15) is 0 Å². The van der Waals surface area contributed by atoms with Crippen LogP contribution in [0.3, 0.4) is 0 Å². The average molecular weight is 589 g/mol. The molecule has 0 saturated carbocycles. The molecule has 1 fully saturated rings. The topological polar surface area (TPSA) is 86.6 Å². The molecule has 1 saturated heterocycles. The van der Waals surface area contributed by atoms with Crippen molar-refractivity contribution in [3.8, 4) is 11.3 Å². The lowest BCUT2D eigenvalue weighted by Gasteiger charge is -2.36. The number of carbonyl (C=O) groups is 2. The molecule has 1 aliphatic rings. The molecule has 0 spiro atoms. The van der Waals surface area contributed by atoms with Crippen molar-refractivity contribution in [2.45, 2.75) is 46.5 Å². The molecule has 1 aliphatic heterocycles. The zero-order valence-electron chi connectivity index (χ0n) is 24.8. The van der Waals surface area contributed by atoms with E-state index in [9.17, 15) is 18.4 Å². The van der Waals surface area contributed by atoms with Gasteiger partial charge >= 0.3 is 5.97 Å². The van der Waals surface area contributed by atoms with Crippen LogP contribution in [0.4, 0.5) is 14.5 Å². The van der Waals surface area contributed by atoms with Crippen LogP contribution in [0, 0.1) is 5.92 Å². The summed E-state index contributed by atoms with van der Waals surface area (Å²) in [6.07, 6.45) is -1.50. The van der Waals surface area contributed by atoms with Crippen LogP contribution in [0.2, 0.25) is 0 Å². The molecule has 0 aliphatic carbocycles. The highest BCUT2D eigenvalue weighted by molar-refractivity contribution is 5.97. The summed E-state index contributed by atoms with van der Waals surface area (Å²) in [7, 11) is 0. The summed E-state index contributed by atoms with van der Waals surface area (Å²) < 4.78 is 26.3. The molecule has 1 amide bonds. The van der Waals surface area contributed by atoms with E-state index < -0.39 is 12.4 Å². The number of aliphatic carboxylic acids is 1. The number of carboxylic acid groups (broad SMARTS) is 1. The molecular formula is C34H38F2N4O3. The number of benzene rings is 3. The SMILES string of the molecule is CC.CC(CCc1nc2cc(C(=O)N3CCN(c4ccccc4)CC3)ccc2nc1-c1ccc(C(F)F)cc1)CC(=O)O. The molecule has 4 aromatic rings. The number of nitrogens with zero attached hydrogens (tertiary/aromatic N) is 4. The van der Waals surface area contributed by atoms with Gasteiger partial charge in [-0.25, -0.2) is 18.7 Å². The van der Waals surface area contributed by atoms with Crippen molar-refractivity contribution >= 4 is 28.6 Å². The number of anilines is 1. The van der Waals surface area contributed by atoms with Gasteiger partial charge in [0, 0.05) is 55.0 Å². The van der Waals surface area contributed by atoms with E-state index in [0.717, 1.165) is 18.8 Å². The van der Waals surface area contributed by atoms with Gasteiger partial charge in [0.05, 0.1) is 22.4 Å². The first-order valence-corrected chi connectivity index (χ1v) is 14.8. The Morgan fingerprint density at radius 2 is 1.56 bits per heavy atom. The van der Waals surface area contributed by atoms with E-state index >= 15 is 0 Å². The summed E-state index contributed by atoms with van der Waals surface area (Å²) in [6.45, 7) is 8.58. The lowest BCUT2D eigenvalue weighted by Crippen LogP contribution is -2.48. The minimum Gasteiger partial charge on any atom is -0.481 e. The highest BCUT2D eigenvalue weighted by Gasteiger charge is 2.23. The molecule has 0 bridgehead atoms. The number of hydrogen-bond acceptors (Lipinski definition) is 5. The van der Waals surface area contributed by atoms with Crippen LogP contribution in [-0.4, -0.2) is 58.0 Å². The molecule has 226 valence electrons. The number of halogens is 2. The predicted octanol–water partition coefficient (Wildman–Crippen LogP) is 7.27. The fraction of sp³-hybridized carbons (Fsp3) is 0.353. The Kier molecular flexibility index (Phi) is 10.8. The van der Waals surface area contributed by atoms with Crippen molar-refractivity contribution in [1.82, 2.24) is 14.9 Å². The van der Waals surface area contributed by atoms with Crippen LogP contribution in [0.5, 0.6) is 0 Å². The van der Waals surface area contributed by atoms with E-state index in [1.165, 1.54) is 12.1 Å². The largest absolute Gasteiger partial charge is 0.481 e. The maximum Gasteiger partial charge on any atom is 0.303 e. The summed E-state index contributed by atoms with van der Waals surface area (Å²) in [6, 6.07) is 21.4. The molecule has 3 aromatic carbocycles. The average Bonchev–Trinajstić information content (AvgIpc) is 3.04. The Morgan fingerprint density at radius 3 is 2.19 bits per heavy atom. The van der Waals surface area contributed by atoms with E-state index in [0.29, 0.717) is 59.5 Å². The van der Waals surface area contributed by atoms with Gasteiger partial charge in [0.2, 0.25) is 0 Å². The second-order valence-corrected chi connectivity index (χ2v) is 10.5. The zero-order chi connectivity index (χ0) is 30.9. The number of aryl methyl sites for hydroxylation is 1. The van der Waals surface area contributed by atoms with Crippen LogP contribution >= 0.6 is 0 Å². The maximum atomic E-state index is 13.4. The number of piperazine rings is 1. The smallest absolute Gasteiger partial charge is 0.303 e. The number of carboxylic acids is 1. The predicted molar refractivity (Wildman–Crippen MR) is 166 cm³/mol. The number of alkyl halides is 2. The van der Waals surface area contributed by atoms with Crippen molar-refractivity contribution in [3.63, 3.8) is 0 Å². The third-order valence-corrected chi connectivity index (χ3v) is 7.50. The molecule has 1 unspecified atom stereocenters. The van der Waals surface area contributed by atoms with E-state index in [1.807, 2.05) is 43.9 Å². The summed E-state index contributed by atoms with van der Waals surface area (Å²) in [5.41, 5.74) is 4.61. The first-order valence-electron chi connectivity index (χ1n) is 14.8. The molecule has 1 atom stereocenters. The van der Waals surface area contributed by atoms with Crippen molar-refractivity contribution in [1.29, 1.82) is 0 Å². The highest BCUT2D eigenvalue weighted by atomic mass is 19.3. The van der Waals surface area contributed by atoms with E-state index in [1.54, 1.807) is 30.3 Å². The quantitative estimate of drug-likeness (QED) is 0.221. The fourth-order valence-electron chi connectivity index (χ4n) is 5.19. The van der Waals surface area contributed by atoms with Crippen LogP contribution in [0.25, 0.3) is 22.3 Å². The van der Waals surface area contributed by atoms with E-state index in [2.05, 4.69) is 17.0 Å². The van der Waals surface area contributed by atoms with Crippen LogP contribution in [0.15, 0.2) is 72.8 Å². The minimum absolute atomic E-state index is 0.0373. The number of fused-ring (bicyclic) bond motifs is 1. The van der Waals surface area contributed by atoms with Crippen molar-refractivity contribution in [2.75, 3.05) is 31.1 Å². The lowest BCUT2D eigenvalue weighted by atomic mass is 9.98. The zero-order valence-corrected chi connectivity index (χ0v) is 24.8. The number of para-hydroxylation sites is 1. The molecule has 0 radical (unpaired) electrons. The molecule has 2 heterocycles. The Labute approximate surface area is 251 Å². The van der Waals surface area contributed by atoms with Gasteiger partial charge in [-0.2, -0.15) is 0 Å². The third-order valence-electron chi connectivity index (χ3n) is 7.50. The first kappa shape index (κ1) is 31.5. The maximum absolute atomic E-state index is 13.4. The monoisotopic (exact) mass is 588 g/mol. The second kappa shape index (κ2) is 14.7. The van der Waals surface area contributed by atoms with Gasteiger partial charge in [-0.05, 0) is 49.1 Å².